The lowest BCUT2D eigenvalue weighted by atomic mass is 9.92. The number of hydrogen-bond acceptors (Lipinski definition) is 2. The van der Waals surface area contributed by atoms with Crippen molar-refractivity contribution < 1.29 is 8.22 Å². The van der Waals surface area contributed by atoms with E-state index in [1.54, 1.807) is 12.3 Å². The SMILES string of the molecule is [2H]C([2H])([2H])N(CCC(c1ccc(Br)cc1)c1ccccn1)C([2H])([2H])[2H]. The second-order valence-corrected chi connectivity index (χ2v) is 5.21. The summed E-state index contributed by atoms with van der Waals surface area (Å²) in [4.78, 5) is 4.96. The van der Waals surface area contributed by atoms with Gasteiger partial charge in [0, 0.05) is 30.5 Å². The quantitative estimate of drug-likeness (QED) is 0.828. The van der Waals surface area contributed by atoms with Crippen molar-refractivity contribution in [1.29, 1.82) is 0 Å². The summed E-state index contributed by atoms with van der Waals surface area (Å²) in [5.41, 5.74) is 1.73. The van der Waals surface area contributed by atoms with Crippen molar-refractivity contribution in [2.45, 2.75) is 12.3 Å². The van der Waals surface area contributed by atoms with Gasteiger partial charge < -0.3 is 4.90 Å². The Morgan fingerprint density at radius 3 is 2.63 bits per heavy atom. The third-order valence-electron chi connectivity index (χ3n) is 2.96. The number of halogens is 1. The molecule has 0 aliphatic heterocycles. The Hall–Kier alpha value is -1.19. The maximum absolute atomic E-state index is 7.50. The highest BCUT2D eigenvalue weighted by Crippen LogP contribution is 2.27. The molecule has 2 aromatic rings. The first-order valence-corrected chi connectivity index (χ1v) is 6.82. The van der Waals surface area contributed by atoms with Gasteiger partial charge in [0.05, 0.1) is 0 Å². The predicted molar refractivity (Wildman–Crippen MR) is 83.4 cm³/mol. The lowest BCUT2D eigenvalue weighted by Gasteiger charge is -2.19. The van der Waals surface area contributed by atoms with Crippen LogP contribution in [0.25, 0.3) is 0 Å². The molecule has 1 heterocycles. The Morgan fingerprint density at radius 1 is 1.21 bits per heavy atom. The average Bonchev–Trinajstić information content (AvgIpc) is 2.51. The van der Waals surface area contributed by atoms with Gasteiger partial charge in [0.25, 0.3) is 0 Å². The van der Waals surface area contributed by atoms with Crippen molar-refractivity contribution in [2.24, 2.45) is 0 Å². The van der Waals surface area contributed by atoms with Crippen molar-refractivity contribution in [3.63, 3.8) is 0 Å². The summed E-state index contributed by atoms with van der Waals surface area (Å²) >= 11 is 3.39. The molecule has 0 radical (unpaired) electrons. The van der Waals surface area contributed by atoms with Crippen LogP contribution in [0.5, 0.6) is 0 Å². The average molecular weight is 325 g/mol. The van der Waals surface area contributed by atoms with Crippen LogP contribution in [-0.2, 0) is 0 Å². The first kappa shape index (κ1) is 8.18. The highest BCUT2D eigenvalue weighted by Gasteiger charge is 2.15. The van der Waals surface area contributed by atoms with Gasteiger partial charge in [-0.15, -0.1) is 0 Å². The van der Waals surface area contributed by atoms with Crippen LogP contribution in [0.2, 0.25) is 0 Å². The maximum atomic E-state index is 7.50. The van der Waals surface area contributed by atoms with Gasteiger partial charge in [0.1, 0.15) is 0 Å². The van der Waals surface area contributed by atoms with Gasteiger partial charge in [-0.3, -0.25) is 4.98 Å². The molecule has 0 N–H and O–H groups in total. The van der Waals surface area contributed by atoms with Gasteiger partial charge in [-0.25, -0.2) is 0 Å². The standard InChI is InChI=1S/C16H19BrN2/c1-19(2)12-10-15(16-5-3-4-11-18-16)13-6-8-14(17)9-7-13/h3-9,11,15H,10,12H2,1-2H3/i1D3,2D3. The third-order valence-corrected chi connectivity index (χ3v) is 3.49. The lowest BCUT2D eigenvalue weighted by molar-refractivity contribution is 0.389. The van der Waals surface area contributed by atoms with E-state index in [9.17, 15) is 0 Å². The fourth-order valence-electron chi connectivity index (χ4n) is 2.02. The minimum absolute atomic E-state index is 0.0930. The number of benzene rings is 1. The summed E-state index contributed by atoms with van der Waals surface area (Å²) in [6.07, 6.45) is 2.00. The van der Waals surface area contributed by atoms with Crippen molar-refractivity contribution >= 4 is 15.9 Å². The molecule has 0 aliphatic rings. The summed E-state index contributed by atoms with van der Waals surface area (Å²) in [7, 11) is 0. The number of aromatic nitrogens is 1. The minimum atomic E-state index is -2.68. The van der Waals surface area contributed by atoms with E-state index < -0.39 is 14.0 Å². The molecule has 0 fully saturated rings. The number of nitrogens with zero attached hydrogens (tertiary/aromatic N) is 2. The van der Waals surface area contributed by atoms with Gasteiger partial charge in [-0.1, -0.05) is 34.1 Å². The van der Waals surface area contributed by atoms with Gasteiger partial charge >= 0.3 is 0 Å². The topological polar surface area (TPSA) is 16.1 Å². The van der Waals surface area contributed by atoms with Crippen LogP contribution >= 0.6 is 15.9 Å². The van der Waals surface area contributed by atoms with Gasteiger partial charge in [0.15, 0.2) is 0 Å². The second kappa shape index (κ2) is 6.83. The normalized spacial score (nSPS) is 18.6. The van der Waals surface area contributed by atoms with Crippen LogP contribution in [0, 0.1) is 0 Å². The Kier molecular flexibility index (Phi) is 2.94. The van der Waals surface area contributed by atoms with Gasteiger partial charge in [-0.2, -0.15) is 0 Å². The van der Waals surface area contributed by atoms with Crippen molar-refractivity contribution in [1.82, 2.24) is 9.88 Å². The lowest BCUT2D eigenvalue weighted by Crippen LogP contribution is -2.17. The molecule has 0 spiro atoms. The molecule has 0 amide bonds. The van der Waals surface area contributed by atoms with E-state index in [1.807, 2.05) is 36.4 Å². The fraction of sp³-hybridized carbons (Fsp3) is 0.312. The largest absolute Gasteiger partial charge is 0.309 e. The Bertz CT molecular complexity index is 656. The fourth-order valence-corrected chi connectivity index (χ4v) is 2.29. The molecule has 0 aliphatic carbocycles. The van der Waals surface area contributed by atoms with Gasteiger partial charge in [0.2, 0.25) is 0 Å². The molecule has 2 nitrogen and oxygen atoms in total. The molecular weight excluding hydrogens is 300 g/mol. The molecule has 19 heavy (non-hydrogen) atoms. The van der Waals surface area contributed by atoms with Crippen molar-refractivity contribution in [2.75, 3.05) is 20.5 Å². The van der Waals surface area contributed by atoms with E-state index in [0.29, 0.717) is 11.3 Å². The molecule has 1 aromatic carbocycles. The smallest absolute Gasteiger partial charge is 0.0478 e. The summed E-state index contributed by atoms with van der Waals surface area (Å²) in [6, 6.07) is 13.2. The zero-order valence-corrected chi connectivity index (χ0v) is 12.0. The molecule has 1 atom stereocenters. The molecule has 1 aromatic heterocycles. The molecule has 3 heteroatoms. The zero-order valence-electron chi connectivity index (χ0n) is 16.4. The highest BCUT2D eigenvalue weighted by atomic mass is 79.9. The van der Waals surface area contributed by atoms with E-state index >= 15 is 0 Å². The maximum Gasteiger partial charge on any atom is 0.0478 e. The van der Waals surface area contributed by atoms with E-state index in [-0.39, 0.29) is 12.5 Å². The van der Waals surface area contributed by atoms with E-state index in [1.165, 1.54) is 0 Å². The monoisotopic (exact) mass is 324 g/mol. The molecule has 100 valence electrons. The first-order chi connectivity index (χ1) is 11.6. The van der Waals surface area contributed by atoms with E-state index in [2.05, 4.69) is 20.9 Å². The number of rotatable bonds is 5. The number of hydrogen-bond donors (Lipinski definition) is 0. The van der Waals surface area contributed by atoms with Crippen LogP contribution in [-0.4, -0.2) is 30.4 Å². The van der Waals surface area contributed by atoms with Crippen molar-refractivity contribution in [3.8, 4) is 0 Å². The van der Waals surface area contributed by atoms with Crippen molar-refractivity contribution in [3.05, 3.63) is 64.4 Å². The summed E-state index contributed by atoms with van der Waals surface area (Å²) in [6.45, 7) is -5.45. The second-order valence-electron chi connectivity index (χ2n) is 4.30. The van der Waals surface area contributed by atoms with Crippen LogP contribution in [0.3, 0.4) is 0 Å². The predicted octanol–water partition coefficient (Wildman–Crippen LogP) is 3.93. The van der Waals surface area contributed by atoms with Crippen LogP contribution < -0.4 is 0 Å². The zero-order chi connectivity index (χ0) is 18.7. The first-order valence-electron chi connectivity index (χ1n) is 9.03. The number of pyridine rings is 1. The molecule has 0 saturated carbocycles. The molecule has 1 unspecified atom stereocenters. The molecule has 0 bridgehead atoms. The highest BCUT2D eigenvalue weighted by molar-refractivity contribution is 9.10. The van der Waals surface area contributed by atoms with E-state index in [4.69, 9.17) is 8.22 Å². The molecule has 0 saturated heterocycles. The van der Waals surface area contributed by atoms with Crippen LogP contribution in [0.1, 0.15) is 31.8 Å². The Morgan fingerprint density at radius 2 is 2.00 bits per heavy atom. The van der Waals surface area contributed by atoms with Crippen LogP contribution in [0.4, 0.5) is 0 Å². The Balaban J connectivity index is 2.29. The minimum Gasteiger partial charge on any atom is -0.309 e. The summed E-state index contributed by atoms with van der Waals surface area (Å²) in [5.74, 6) is -0.193. The Labute approximate surface area is 132 Å². The summed E-state index contributed by atoms with van der Waals surface area (Å²) < 4.78 is 46.0. The molecule has 2 rings (SSSR count). The van der Waals surface area contributed by atoms with Gasteiger partial charge in [-0.05, 0) is 56.7 Å². The van der Waals surface area contributed by atoms with Crippen LogP contribution in [0.15, 0.2) is 53.1 Å². The summed E-state index contributed by atoms with van der Waals surface area (Å²) in [5, 5.41) is 0. The third kappa shape index (κ3) is 4.15. The van der Waals surface area contributed by atoms with E-state index in [0.717, 1.165) is 15.7 Å². The molecular formula is C16H19BrN2.